The highest BCUT2D eigenvalue weighted by Crippen LogP contribution is 2.25. The molecule has 0 bridgehead atoms. The Kier molecular flexibility index (Phi) is 2.79. The van der Waals surface area contributed by atoms with Crippen LogP contribution in [0.2, 0.25) is 5.02 Å². The molecule has 1 aromatic rings. The van der Waals surface area contributed by atoms with Crippen molar-refractivity contribution in [3.63, 3.8) is 0 Å². The minimum absolute atomic E-state index is 0.160. The quantitative estimate of drug-likeness (QED) is 0.739. The maximum atomic E-state index is 11.3. The van der Waals surface area contributed by atoms with Gasteiger partial charge < -0.3 is 5.32 Å². The van der Waals surface area contributed by atoms with Crippen LogP contribution in [0.4, 0.5) is 0 Å². The van der Waals surface area contributed by atoms with E-state index < -0.39 is 0 Å². The molecule has 0 aromatic heterocycles. The van der Waals surface area contributed by atoms with Crippen LogP contribution in [0.5, 0.6) is 0 Å². The minimum atomic E-state index is -0.232. The number of carbonyl (C=O) groups excluding carboxylic acids is 1. The third-order valence-corrected chi connectivity index (χ3v) is 2.87. The van der Waals surface area contributed by atoms with E-state index in [-0.39, 0.29) is 11.1 Å². The summed E-state index contributed by atoms with van der Waals surface area (Å²) in [4.78, 5) is 11.8. The van der Waals surface area contributed by atoms with Gasteiger partial charge in [-0.2, -0.15) is 0 Å². The largest absolute Gasteiger partial charge is 0.301 e. The van der Waals surface area contributed by atoms with E-state index in [1.165, 1.54) is 0 Å². The highest BCUT2D eigenvalue weighted by Gasteiger charge is 2.21. The monoisotopic (exact) mass is 238 g/mol. The van der Waals surface area contributed by atoms with Crippen molar-refractivity contribution in [1.82, 2.24) is 5.32 Å². The first-order valence-electron chi connectivity index (χ1n) is 4.20. The lowest BCUT2D eigenvalue weighted by atomic mass is 10.2. The Hall–Kier alpha value is -1.26. The summed E-state index contributed by atoms with van der Waals surface area (Å²) in [6.45, 7) is 0. The molecule has 0 radical (unpaired) electrons. The zero-order valence-corrected chi connectivity index (χ0v) is 9.15. The van der Waals surface area contributed by atoms with Gasteiger partial charge in [-0.1, -0.05) is 23.7 Å². The molecule has 3 nitrogen and oxygen atoms in total. The van der Waals surface area contributed by atoms with E-state index in [1.807, 2.05) is 12.1 Å². The van der Waals surface area contributed by atoms with Crippen molar-refractivity contribution >= 4 is 40.5 Å². The van der Waals surface area contributed by atoms with Crippen molar-refractivity contribution in [3.8, 4) is 0 Å². The zero-order valence-electron chi connectivity index (χ0n) is 7.58. The summed E-state index contributed by atoms with van der Waals surface area (Å²) in [7, 11) is 0. The fraction of sp³-hybridized carbons (Fsp3) is 0. The van der Waals surface area contributed by atoms with Crippen LogP contribution in [0.3, 0.4) is 0 Å². The van der Waals surface area contributed by atoms with Crippen molar-refractivity contribution in [2.24, 2.45) is 0 Å². The van der Waals surface area contributed by atoms with Crippen LogP contribution < -0.4 is 5.32 Å². The summed E-state index contributed by atoms with van der Waals surface area (Å²) in [5.41, 5.74) is 0.856. The number of thioether (sulfide) groups is 1. The second kappa shape index (κ2) is 4.08. The summed E-state index contributed by atoms with van der Waals surface area (Å²) in [5.74, 6) is -0.232. The average molecular weight is 239 g/mol. The third-order valence-electron chi connectivity index (χ3n) is 1.81. The summed E-state index contributed by atoms with van der Waals surface area (Å²) in [6, 6.07) is 7.21. The summed E-state index contributed by atoms with van der Waals surface area (Å²) in [6.07, 6.45) is 1.72. The Morgan fingerprint density at radius 1 is 1.47 bits per heavy atom. The highest BCUT2D eigenvalue weighted by atomic mass is 35.5. The first-order chi connectivity index (χ1) is 7.15. The Morgan fingerprint density at radius 2 is 2.27 bits per heavy atom. The van der Waals surface area contributed by atoms with Crippen molar-refractivity contribution in [2.45, 2.75) is 0 Å². The minimum Gasteiger partial charge on any atom is -0.301 e. The number of amidine groups is 1. The van der Waals surface area contributed by atoms with Crippen molar-refractivity contribution in [3.05, 3.63) is 39.8 Å². The molecule has 2 N–H and O–H groups in total. The SMILES string of the molecule is N=C1NC(=O)/C(=C\c2cccc(Cl)c2)S1. The average Bonchev–Trinajstić information content (AvgIpc) is 2.45. The van der Waals surface area contributed by atoms with E-state index in [1.54, 1.807) is 18.2 Å². The van der Waals surface area contributed by atoms with Crippen LogP contribution in [0.25, 0.3) is 6.08 Å². The third kappa shape index (κ3) is 2.40. The van der Waals surface area contributed by atoms with E-state index in [2.05, 4.69) is 5.32 Å². The lowest BCUT2D eigenvalue weighted by molar-refractivity contribution is -0.115. The summed E-state index contributed by atoms with van der Waals surface area (Å²) >= 11 is 6.93. The van der Waals surface area contributed by atoms with Gasteiger partial charge >= 0.3 is 0 Å². The first kappa shape index (κ1) is 10.3. The molecule has 1 heterocycles. The first-order valence-corrected chi connectivity index (χ1v) is 5.39. The molecule has 1 fully saturated rings. The maximum absolute atomic E-state index is 11.3. The molecule has 1 aliphatic heterocycles. The topological polar surface area (TPSA) is 53.0 Å². The van der Waals surface area contributed by atoms with Crippen molar-refractivity contribution < 1.29 is 4.79 Å². The van der Waals surface area contributed by atoms with Gasteiger partial charge in [-0.05, 0) is 35.5 Å². The molecular formula is C10H7ClN2OS. The standard InChI is InChI=1S/C10H7ClN2OS/c11-7-3-1-2-6(4-7)5-8-9(14)13-10(12)15-8/h1-5H,(H2,12,13,14)/b8-5+. The van der Waals surface area contributed by atoms with Crippen LogP contribution in [0, 0.1) is 5.41 Å². The van der Waals surface area contributed by atoms with Gasteiger partial charge in [0, 0.05) is 5.02 Å². The number of amides is 1. The van der Waals surface area contributed by atoms with Crippen LogP contribution in [0.15, 0.2) is 29.2 Å². The second-order valence-electron chi connectivity index (χ2n) is 2.95. The predicted octanol–water partition coefficient (Wildman–Crippen LogP) is 2.48. The number of carbonyl (C=O) groups is 1. The molecule has 0 atom stereocenters. The van der Waals surface area contributed by atoms with E-state index in [0.29, 0.717) is 9.93 Å². The van der Waals surface area contributed by atoms with E-state index in [9.17, 15) is 4.79 Å². The second-order valence-corrected chi connectivity index (χ2v) is 4.44. The molecule has 0 spiro atoms. The van der Waals surface area contributed by atoms with Gasteiger partial charge in [0.1, 0.15) is 0 Å². The molecule has 1 amide bonds. The molecular weight excluding hydrogens is 232 g/mol. The Morgan fingerprint density at radius 3 is 2.87 bits per heavy atom. The maximum Gasteiger partial charge on any atom is 0.264 e. The number of benzene rings is 1. The predicted molar refractivity (Wildman–Crippen MR) is 62.9 cm³/mol. The molecule has 76 valence electrons. The van der Waals surface area contributed by atoms with Crippen molar-refractivity contribution in [1.29, 1.82) is 5.41 Å². The Bertz CT molecular complexity index is 470. The smallest absolute Gasteiger partial charge is 0.264 e. The molecule has 1 aliphatic rings. The molecule has 5 heteroatoms. The van der Waals surface area contributed by atoms with Gasteiger partial charge in [-0.25, -0.2) is 0 Å². The Labute approximate surface area is 96.0 Å². The molecule has 0 unspecified atom stereocenters. The number of halogens is 1. The van der Waals surface area contributed by atoms with Gasteiger partial charge in [0.2, 0.25) is 0 Å². The van der Waals surface area contributed by atoms with E-state index >= 15 is 0 Å². The molecule has 1 aromatic carbocycles. The van der Waals surface area contributed by atoms with E-state index in [4.69, 9.17) is 17.0 Å². The summed E-state index contributed by atoms with van der Waals surface area (Å²) < 4.78 is 0. The number of nitrogens with one attached hydrogen (secondary N) is 2. The highest BCUT2D eigenvalue weighted by molar-refractivity contribution is 8.18. The normalized spacial score (nSPS) is 18.3. The number of rotatable bonds is 1. The fourth-order valence-electron chi connectivity index (χ4n) is 1.19. The molecule has 2 rings (SSSR count). The van der Waals surface area contributed by atoms with Gasteiger partial charge in [0.05, 0.1) is 4.91 Å². The van der Waals surface area contributed by atoms with Gasteiger partial charge in [0.25, 0.3) is 5.91 Å². The van der Waals surface area contributed by atoms with Gasteiger partial charge in [-0.3, -0.25) is 10.2 Å². The molecule has 1 saturated heterocycles. The van der Waals surface area contributed by atoms with Crippen LogP contribution >= 0.6 is 23.4 Å². The molecule has 15 heavy (non-hydrogen) atoms. The fourth-order valence-corrected chi connectivity index (χ4v) is 2.09. The lowest BCUT2D eigenvalue weighted by Crippen LogP contribution is -2.18. The van der Waals surface area contributed by atoms with Crippen LogP contribution in [-0.2, 0) is 4.79 Å². The van der Waals surface area contributed by atoms with Crippen LogP contribution in [0.1, 0.15) is 5.56 Å². The zero-order chi connectivity index (χ0) is 10.8. The summed E-state index contributed by atoms with van der Waals surface area (Å²) in [5, 5.41) is 10.5. The van der Waals surface area contributed by atoms with E-state index in [0.717, 1.165) is 17.3 Å². The Balaban J connectivity index is 2.31. The molecule has 0 saturated carbocycles. The van der Waals surface area contributed by atoms with Gasteiger partial charge in [0.15, 0.2) is 5.17 Å². The lowest BCUT2D eigenvalue weighted by Gasteiger charge is -1.95. The number of hydrogen-bond acceptors (Lipinski definition) is 3. The number of hydrogen-bond donors (Lipinski definition) is 2. The van der Waals surface area contributed by atoms with Gasteiger partial charge in [-0.15, -0.1) is 0 Å². The molecule has 0 aliphatic carbocycles. The van der Waals surface area contributed by atoms with Crippen LogP contribution in [-0.4, -0.2) is 11.1 Å². The van der Waals surface area contributed by atoms with Crippen molar-refractivity contribution in [2.75, 3.05) is 0 Å².